The number of allylic oxidation sites excluding steroid dienone is 2. The first kappa shape index (κ1) is 29.0. The van der Waals surface area contributed by atoms with Crippen molar-refractivity contribution in [3.05, 3.63) is 85.7 Å². The highest BCUT2D eigenvalue weighted by molar-refractivity contribution is 6.66. The van der Waals surface area contributed by atoms with E-state index in [9.17, 15) is 33.7 Å². The summed E-state index contributed by atoms with van der Waals surface area (Å²) in [7, 11) is 0. The van der Waals surface area contributed by atoms with E-state index in [2.05, 4.69) is 0 Å². The summed E-state index contributed by atoms with van der Waals surface area (Å²) in [5.74, 6) is -7.83. The number of nitro groups is 1. The van der Waals surface area contributed by atoms with Crippen LogP contribution in [0.5, 0.6) is 0 Å². The Morgan fingerprint density at radius 1 is 0.875 bits per heavy atom. The van der Waals surface area contributed by atoms with E-state index >= 15 is 0 Å². The molecule has 5 rings (SSSR count). The molecule has 3 aliphatic rings. The molecule has 2 aromatic rings. The second-order valence-electron chi connectivity index (χ2n) is 9.17. The molecule has 3 amide bonds. The zero-order chi connectivity index (χ0) is 29.5. The number of nitro benzene ring substituents is 1. The van der Waals surface area contributed by atoms with Gasteiger partial charge < -0.3 is 0 Å². The van der Waals surface area contributed by atoms with Crippen LogP contribution in [-0.4, -0.2) is 59.1 Å². The summed E-state index contributed by atoms with van der Waals surface area (Å²) in [6.07, 6.45) is 0. The maximum Gasteiger partial charge on any atom is 0.273 e. The van der Waals surface area contributed by atoms with E-state index in [1.165, 1.54) is 0 Å². The van der Waals surface area contributed by atoms with Crippen LogP contribution in [0.1, 0.15) is 20.7 Å². The van der Waals surface area contributed by atoms with Gasteiger partial charge in [0.1, 0.15) is 22.1 Å². The second kappa shape index (κ2) is 9.54. The van der Waals surface area contributed by atoms with Crippen molar-refractivity contribution in [2.75, 3.05) is 6.54 Å². The maximum atomic E-state index is 13.8. The fourth-order valence-electron chi connectivity index (χ4n) is 5.19. The molecule has 40 heavy (non-hydrogen) atoms. The first-order valence-corrected chi connectivity index (χ1v) is 13.4. The number of rotatable bonds is 6. The molecule has 1 aliphatic heterocycles. The van der Waals surface area contributed by atoms with Gasteiger partial charge in [-0.1, -0.05) is 46.4 Å². The molecule has 0 spiro atoms. The number of imide groups is 1. The van der Waals surface area contributed by atoms with E-state index in [0.29, 0.717) is 10.0 Å². The molecule has 2 aliphatic carbocycles. The number of amides is 3. The van der Waals surface area contributed by atoms with E-state index in [0.717, 1.165) is 48.5 Å². The van der Waals surface area contributed by atoms with Crippen molar-refractivity contribution in [1.82, 2.24) is 10.0 Å². The summed E-state index contributed by atoms with van der Waals surface area (Å²) in [5.41, 5.74) is -0.593. The van der Waals surface area contributed by atoms with Gasteiger partial charge >= 0.3 is 0 Å². The Bertz CT molecular complexity index is 1510. The molecule has 208 valence electrons. The van der Waals surface area contributed by atoms with Crippen molar-refractivity contribution in [3.8, 4) is 0 Å². The van der Waals surface area contributed by atoms with Gasteiger partial charge in [0, 0.05) is 23.3 Å². The molecule has 0 unspecified atom stereocenters. The lowest BCUT2D eigenvalue weighted by atomic mass is 9.84. The zero-order valence-electron chi connectivity index (χ0n) is 19.4. The Labute approximate surface area is 254 Å². The highest BCUT2D eigenvalue weighted by Crippen LogP contribution is 2.77. The number of nitrogens with zero attached hydrogens (tertiary/aromatic N) is 3. The van der Waals surface area contributed by atoms with Crippen molar-refractivity contribution in [2.45, 2.75) is 14.1 Å². The summed E-state index contributed by atoms with van der Waals surface area (Å²) in [6.45, 7) is -0.884. The van der Waals surface area contributed by atoms with Gasteiger partial charge in [0.2, 0.25) is 0 Å². The fourth-order valence-corrected chi connectivity index (χ4v) is 8.12. The molecule has 9 nitrogen and oxygen atoms in total. The molecule has 1 heterocycles. The summed E-state index contributed by atoms with van der Waals surface area (Å²) < 4.78 is 11.2. The number of hydrazine groups is 1. The van der Waals surface area contributed by atoms with Crippen LogP contribution in [0.2, 0.25) is 0 Å². The average molecular weight is 670 g/mol. The van der Waals surface area contributed by atoms with E-state index < -0.39 is 66.7 Å². The number of carbonyl (C=O) groups is 4. The van der Waals surface area contributed by atoms with Crippen LogP contribution < -0.4 is 0 Å². The number of alkyl halides is 4. The monoisotopic (exact) mass is 667 g/mol. The van der Waals surface area contributed by atoms with Gasteiger partial charge in [-0.15, -0.1) is 23.2 Å². The van der Waals surface area contributed by atoms with E-state index in [1.807, 2.05) is 0 Å². The Morgan fingerprint density at radius 2 is 1.32 bits per heavy atom. The maximum absolute atomic E-state index is 13.8. The molecule has 1 saturated heterocycles. The predicted octanol–water partition coefficient (Wildman–Crippen LogP) is 5.42. The molecule has 1 saturated carbocycles. The molecular formula is C24H12Cl6FN3O6. The molecular weight excluding hydrogens is 658 g/mol. The van der Waals surface area contributed by atoms with Gasteiger partial charge in [0.05, 0.1) is 26.8 Å². The minimum atomic E-state index is -2.22. The standard InChI is InChI=1S/C24H12Cl6FN3O6/c25-17-18(26)23(28)16-15(22(17,27)24(23,29)30)20(37)33(21(16)38)32(9-14(35)10-1-5-12(31)6-2-10)19(36)11-3-7-13(8-4-11)34(39)40/h1-8,15-16H,9H2/t15-,16-,22-,23-/m1/s1. The molecule has 0 aromatic heterocycles. The molecule has 0 radical (unpaired) electrons. The van der Waals surface area contributed by atoms with Crippen molar-refractivity contribution in [1.29, 1.82) is 0 Å². The molecule has 2 aromatic carbocycles. The SMILES string of the molecule is O=C(CN(C(=O)c1ccc([N+](=O)[O-])cc1)N1C(=O)[C@H]2[C@H](C1=O)[C@@]1(Cl)C(Cl)=C(Cl)[C@@]2(Cl)C1(Cl)Cl)c1ccc(F)cc1. The average Bonchev–Trinajstić information content (AvgIpc) is 3.30. The molecule has 16 heteroatoms. The molecule has 2 fully saturated rings. The lowest BCUT2D eigenvalue weighted by molar-refractivity contribution is -0.384. The zero-order valence-corrected chi connectivity index (χ0v) is 24.0. The van der Waals surface area contributed by atoms with Crippen molar-refractivity contribution >= 4 is 98.8 Å². The minimum Gasteiger partial charge on any atom is -0.292 e. The predicted molar refractivity (Wildman–Crippen MR) is 144 cm³/mol. The number of hydrogen-bond donors (Lipinski definition) is 0. The molecule has 4 atom stereocenters. The van der Waals surface area contributed by atoms with Crippen LogP contribution in [0, 0.1) is 27.8 Å². The first-order valence-electron chi connectivity index (χ1n) is 11.1. The molecule has 2 bridgehead atoms. The quantitative estimate of drug-likeness (QED) is 0.133. The number of benzene rings is 2. The number of non-ortho nitro benzene ring substituents is 1. The highest BCUT2D eigenvalue weighted by Gasteiger charge is 2.88. The first-order chi connectivity index (χ1) is 18.6. The number of ketones is 1. The van der Waals surface area contributed by atoms with E-state index in [4.69, 9.17) is 69.6 Å². The van der Waals surface area contributed by atoms with E-state index in [1.54, 1.807) is 0 Å². The van der Waals surface area contributed by atoms with Crippen LogP contribution in [-0.2, 0) is 9.59 Å². The lowest BCUT2D eigenvalue weighted by Gasteiger charge is -2.36. The normalized spacial score (nSPS) is 28.2. The summed E-state index contributed by atoms with van der Waals surface area (Å²) >= 11 is 39.1. The van der Waals surface area contributed by atoms with Gasteiger partial charge in [-0.2, -0.15) is 5.01 Å². The Hall–Kier alpha value is -2.47. The summed E-state index contributed by atoms with van der Waals surface area (Å²) in [4.78, 5) is 60.5. The van der Waals surface area contributed by atoms with Crippen molar-refractivity contribution < 1.29 is 28.5 Å². The Balaban J connectivity index is 1.59. The van der Waals surface area contributed by atoms with Crippen molar-refractivity contribution in [3.63, 3.8) is 0 Å². The lowest BCUT2D eigenvalue weighted by Crippen LogP contribution is -2.56. The number of fused-ring (bicyclic) bond motifs is 5. The third-order valence-corrected chi connectivity index (χ3v) is 11.4. The number of halogens is 7. The van der Waals surface area contributed by atoms with Crippen molar-refractivity contribution in [2.24, 2.45) is 11.8 Å². The van der Waals surface area contributed by atoms with Gasteiger partial charge in [-0.3, -0.25) is 29.3 Å². The Morgan fingerprint density at radius 3 is 1.77 bits per heavy atom. The topological polar surface area (TPSA) is 118 Å². The van der Waals surface area contributed by atoms with Crippen LogP contribution in [0.15, 0.2) is 58.6 Å². The second-order valence-corrected chi connectivity index (χ2v) is 12.4. The van der Waals surface area contributed by atoms with Gasteiger partial charge in [0.15, 0.2) is 10.1 Å². The largest absolute Gasteiger partial charge is 0.292 e. The third kappa shape index (κ3) is 3.66. The van der Waals surface area contributed by atoms with Crippen LogP contribution in [0.4, 0.5) is 10.1 Å². The van der Waals surface area contributed by atoms with Crippen LogP contribution >= 0.6 is 69.6 Å². The van der Waals surface area contributed by atoms with E-state index in [-0.39, 0.29) is 26.9 Å². The summed E-state index contributed by atoms with van der Waals surface area (Å²) in [5, 5.41) is 11.3. The minimum absolute atomic E-state index is 0.0434. The number of hydrogen-bond acceptors (Lipinski definition) is 6. The molecule has 0 N–H and O–H groups in total. The highest BCUT2D eigenvalue weighted by atomic mass is 35.5. The van der Waals surface area contributed by atoms with Crippen LogP contribution in [0.25, 0.3) is 0 Å². The van der Waals surface area contributed by atoms with Gasteiger partial charge in [-0.05, 0) is 36.4 Å². The third-order valence-electron chi connectivity index (χ3n) is 7.15. The summed E-state index contributed by atoms with van der Waals surface area (Å²) in [6, 6.07) is 8.52. The smallest absolute Gasteiger partial charge is 0.273 e. The number of Topliss-reactive ketones (excluding diaryl/α,β-unsaturated/α-hetero) is 1. The van der Waals surface area contributed by atoms with Gasteiger partial charge in [0.25, 0.3) is 23.4 Å². The fraction of sp³-hybridized carbons (Fsp3) is 0.250. The Kier molecular flexibility index (Phi) is 6.92. The van der Waals surface area contributed by atoms with Crippen LogP contribution in [0.3, 0.4) is 0 Å². The number of carbonyl (C=O) groups excluding carboxylic acids is 4. The van der Waals surface area contributed by atoms with Gasteiger partial charge in [-0.25, -0.2) is 9.40 Å².